The highest BCUT2D eigenvalue weighted by Gasteiger charge is 2.25. The van der Waals surface area contributed by atoms with Crippen LogP contribution in [0.5, 0.6) is 0 Å². The van der Waals surface area contributed by atoms with Gasteiger partial charge in [0.2, 0.25) is 11.8 Å². The van der Waals surface area contributed by atoms with E-state index in [2.05, 4.69) is 0 Å². The van der Waals surface area contributed by atoms with Crippen LogP contribution >= 0.6 is 0 Å². The molecule has 32 heavy (non-hydrogen) atoms. The minimum atomic E-state index is -0.0341. The summed E-state index contributed by atoms with van der Waals surface area (Å²) in [5, 5.41) is 18.6. The van der Waals surface area contributed by atoms with Crippen molar-refractivity contribution in [3.8, 4) is 0 Å². The number of hydrogen-bond acceptors (Lipinski definition) is 6. The van der Waals surface area contributed by atoms with Crippen LogP contribution in [0.15, 0.2) is 48.5 Å². The van der Waals surface area contributed by atoms with Gasteiger partial charge in [-0.05, 0) is 35.4 Å². The van der Waals surface area contributed by atoms with Crippen LogP contribution in [0.3, 0.4) is 0 Å². The zero-order valence-corrected chi connectivity index (χ0v) is 18.8. The molecule has 2 N–H and O–H groups in total. The van der Waals surface area contributed by atoms with Crippen molar-refractivity contribution in [3.05, 3.63) is 59.7 Å². The summed E-state index contributed by atoms with van der Waals surface area (Å²) in [7, 11) is 3.71. The summed E-state index contributed by atoms with van der Waals surface area (Å²) < 4.78 is 0. The zero-order valence-electron chi connectivity index (χ0n) is 18.8. The van der Waals surface area contributed by atoms with E-state index in [0.29, 0.717) is 26.2 Å². The van der Waals surface area contributed by atoms with Crippen LogP contribution in [0.2, 0.25) is 0 Å². The van der Waals surface area contributed by atoms with Gasteiger partial charge in [-0.15, -0.1) is 0 Å². The average Bonchev–Trinajstić information content (AvgIpc) is 2.84. The highest BCUT2D eigenvalue weighted by atomic mass is 16.3. The summed E-state index contributed by atoms with van der Waals surface area (Å²) >= 11 is 0. The number of anilines is 2. The van der Waals surface area contributed by atoms with E-state index in [-0.39, 0.29) is 38.1 Å². The number of carbonyl (C=O) groups excluding carboxylic acids is 2. The zero-order chi connectivity index (χ0) is 23.1. The summed E-state index contributed by atoms with van der Waals surface area (Å²) in [6.45, 7) is 2.47. The van der Waals surface area contributed by atoms with Crippen molar-refractivity contribution >= 4 is 23.2 Å². The third-order valence-electron chi connectivity index (χ3n) is 5.80. The maximum atomic E-state index is 12.7. The fourth-order valence-corrected chi connectivity index (χ4v) is 3.78. The van der Waals surface area contributed by atoms with Crippen molar-refractivity contribution < 1.29 is 19.8 Å². The fourth-order valence-electron chi connectivity index (χ4n) is 3.78. The lowest BCUT2D eigenvalue weighted by atomic mass is 10.2. The largest absolute Gasteiger partial charge is 0.392 e. The number of aliphatic hydroxyl groups excluding tert-OH is 2. The highest BCUT2D eigenvalue weighted by molar-refractivity contribution is 5.83. The molecule has 1 aliphatic heterocycles. The Balaban J connectivity index is 1.48. The molecule has 8 heteroatoms. The molecule has 0 spiro atoms. The van der Waals surface area contributed by atoms with Crippen molar-refractivity contribution in [1.29, 1.82) is 0 Å². The number of benzene rings is 2. The van der Waals surface area contributed by atoms with Crippen LogP contribution in [0.25, 0.3) is 0 Å². The smallest absolute Gasteiger partial charge is 0.242 e. The Kier molecular flexibility index (Phi) is 8.08. The topological polar surface area (TPSA) is 87.6 Å². The molecule has 3 rings (SSSR count). The summed E-state index contributed by atoms with van der Waals surface area (Å²) in [6.07, 6.45) is 0. The van der Waals surface area contributed by atoms with E-state index < -0.39 is 0 Å². The first-order valence-corrected chi connectivity index (χ1v) is 10.8. The van der Waals surface area contributed by atoms with Crippen molar-refractivity contribution in [2.75, 3.05) is 63.2 Å². The SMILES string of the molecule is CN(CC(=O)N1CCN(C(=O)CN(C)c2cccc(CO)c2)CC1)c1cccc(CO)c1. The molecule has 0 atom stereocenters. The lowest BCUT2D eigenvalue weighted by Crippen LogP contribution is -2.53. The number of rotatable bonds is 8. The number of likely N-dealkylation sites (N-methyl/N-ethyl adjacent to an activating group) is 2. The highest BCUT2D eigenvalue weighted by Crippen LogP contribution is 2.17. The van der Waals surface area contributed by atoms with Gasteiger partial charge in [0.05, 0.1) is 26.3 Å². The van der Waals surface area contributed by atoms with Gasteiger partial charge in [-0.2, -0.15) is 0 Å². The molecule has 8 nitrogen and oxygen atoms in total. The minimum Gasteiger partial charge on any atom is -0.392 e. The Morgan fingerprint density at radius 2 is 1.12 bits per heavy atom. The lowest BCUT2D eigenvalue weighted by Gasteiger charge is -2.36. The number of carbonyl (C=O) groups is 2. The molecule has 1 aliphatic rings. The molecule has 172 valence electrons. The lowest BCUT2D eigenvalue weighted by molar-refractivity contribution is -0.137. The third kappa shape index (κ3) is 5.99. The van der Waals surface area contributed by atoms with Gasteiger partial charge in [-0.1, -0.05) is 24.3 Å². The second-order valence-electron chi connectivity index (χ2n) is 8.13. The minimum absolute atomic E-state index is 0.0203. The Hall–Kier alpha value is -3.10. The molecule has 0 aliphatic carbocycles. The predicted molar refractivity (Wildman–Crippen MR) is 124 cm³/mol. The molecule has 0 bridgehead atoms. The van der Waals surface area contributed by atoms with Crippen LogP contribution in [0, 0.1) is 0 Å². The molecule has 1 saturated heterocycles. The van der Waals surface area contributed by atoms with E-state index >= 15 is 0 Å². The number of hydrogen-bond donors (Lipinski definition) is 2. The molecule has 1 fully saturated rings. The van der Waals surface area contributed by atoms with E-state index in [1.54, 1.807) is 9.80 Å². The van der Waals surface area contributed by atoms with E-state index in [1.807, 2.05) is 72.4 Å². The van der Waals surface area contributed by atoms with E-state index in [9.17, 15) is 19.8 Å². The molecule has 2 amide bonds. The monoisotopic (exact) mass is 440 g/mol. The molecular formula is C24H32N4O4. The van der Waals surface area contributed by atoms with Gasteiger partial charge in [-0.25, -0.2) is 0 Å². The molecule has 2 aromatic rings. The van der Waals surface area contributed by atoms with Gasteiger partial charge < -0.3 is 29.8 Å². The van der Waals surface area contributed by atoms with Crippen LogP contribution in [0.4, 0.5) is 11.4 Å². The van der Waals surface area contributed by atoms with Crippen molar-refractivity contribution in [1.82, 2.24) is 9.80 Å². The van der Waals surface area contributed by atoms with E-state index in [1.165, 1.54) is 0 Å². The molecular weight excluding hydrogens is 408 g/mol. The summed E-state index contributed by atoms with van der Waals surface area (Å²) in [5.41, 5.74) is 3.38. The second kappa shape index (κ2) is 11.0. The normalized spacial score (nSPS) is 13.8. The van der Waals surface area contributed by atoms with E-state index in [0.717, 1.165) is 22.5 Å². The van der Waals surface area contributed by atoms with Gasteiger partial charge >= 0.3 is 0 Å². The van der Waals surface area contributed by atoms with Gasteiger partial charge in [0.25, 0.3) is 0 Å². The quantitative estimate of drug-likeness (QED) is 0.635. The van der Waals surface area contributed by atoms with Gasteiger partial charge in [0.15, 0.2) is 0 Å². The first-order chi connectivity index (χ1) is 15.4. The maximum Gasteiger partial charge on any atom is 0.242 e. The summed E-state index contributed by atoms with van der Waals surface area (Å²) in [5.74, 6) is 0.0406. The third-order valence-corrected chi connectivity index (χ3v) is 5.80. The van der Waals surface area contributed by atoms with Crippen LogP contribution in [-0.4, -0.2) is 85.2 Å². The molecule has 0 unspecified atom stereocenters. The van der Waals surface area contributed by atoms with Crippen LogP contribution in [0.1, 0.15) is 11.1 Å². The summed E-state index contributed by atoms with van der Waals surface area (Å²) in [4.78, 5) is 32.8. The van der Waals surface area contributed by atoms with Gasteiger partial charge in [0, 0.05) is 51.6 Å². The second-order valence-corrected chi connectivity index (χ2v) is 8.13. The standard InChI is InChI=1S/C24H32N4O4/c1-25(21-7-3-5-19(13-21)17-29)15-23(31)27-9-11-28(12-10-27)24(32)16-26(2)22-8-4-6-20(14-22)18-30/h3-8,13-14,29-30H,9-12,15-18H2,1-2H3. The van der Waals surface area contributed by atoms with Gasteiger partial charge in [0.1, 0.15) is 0 Å². The van der Waals surface area contributed by atoms with E-state index in [4.69, 9.17) is 0 Å². The Bertz CT molecular complexity index is 852. The van der Waals surface area contributed by atoms with Gasteiger partial charge in [-0.3, -0.25) is 9.59 Å². The maximum absolute atomic E-state index is 12.7. The van der Waals surface area contributed by atoms with Crippen LogP contribution < -0.4 is 9.80 Å². The number of amides is 2. The summed E-state index contributed by atoms with van der Waals surface area (Å²) in [6, 6.07) is 15.0. The molecule has 0 saturated carbocycles. The predicted octanol–water partition coefficient (Wildman–Crippen LogP) is 0.915. The molecule has 0 aromatic heterocycles. The Labute approximate surface area is 189 Å². The first kappa shape index (κ1) is 23.6. The number of aliphatic hydroxyl groups is 2. The van der Waals surface area contributed by atoms with Crippen molar-refractivity contribution in [2.45, 2.75) is 13.2 Å². The van der Waals surface area contributed by atoms with Crippen molar-refractivity contribution in [3.63, 3.8) is 0 Å². The molecule has 0 radical (unpaired) electrons. The first-order valence-electron chi connectivity index (χ1n) is 10.8. The number of piperazine rings is 1. The van der Waals surface area contributed by atoms with Crippen LogP contribution in [-0.2, 0) is 22.8 Å². The van der Waals surface area contributed by atoms with Crippen molar-refractivity contribution in [2.24, 2.45) is 0 Å². The fraction of sp³-hybridized carbons (Fsp3) is 0.417. The number of nitrogens with zero attached hydrogens (tertiary/aromatic N) is 4. The molecule has 2 aromatic carbocycles. The Morgan fingerprint density at radius 3 is 1.47 bits per heavy atom. The Morgan fingerprint density at radius 1 is 0.750 bits per heavy atom. The molecule has 1 heterocycles. The average molecular weight is 441 g/mol.